The minimum absolute atomic E-state index is 0.0318. The molecule has 8 heteroatoms. The number of morpholine rings is 1. The second-order valence-electron chi connectivity index (χ2n) is 6.89. The van der Waals surface area contributed by atoms with Crippen LogP contribution in [-0.4, -0.2) is 52.0 Å². The molecule has 7 nitrogen and oxygen atoms in total. The number of benzene rings is 2. The molecule has 1 aliphatic heterocycles. The second-order valence-corrected chi connectivity index (χ2v) is 7.96. The van der Waals surface area contributed by atoms with E-state index in [1.165, 1.54) is 16.4 Å². The van der Waals surface area contributed by atoms with Gasteiger partial charge in [-0.25, -0.2) is 4.68 Å². The van der Waals surface area contributed by atoms with Gasteiger partial charge in [0.05, 0.1) is 13.2 Å². The summed E-state index contributed by atoms with van der Waals surface area (Å²) in [6.07, 6.45) is 0. The number of hydrogen-bond acceptors (Lipinski definition) is 6. The van der Waals surface area contributed by atoms with E-state index in [1.54, 1.807) is 0 Å². The number of nitrogens with zero attached hydrogens (tertiary/aromatic N) is 4. The molecular weight excluding hydrogens is 386 g/mol. The minimum atomic E-state index is -0.452. The van der Waals surface area contributed by atoms with E-state index in [0.717, 1.165) is 16.7 Å². The SMILES string of the molecule is Cc1ccc(-c2nnc(SC(C(=O)N3CCOCC3)c3ccccc3)n2N)cc1. The molecular formula is C21H23N5O2S. The van der Waals surface area contributed by atoms with Gasteiger partial charge in [0.25, 0.3) is 0 Å². The third-order valence-corrected chi connectivity index (χ3v) is 6.05. The largest absolute Gasteiger partial charge is 0.378 e. The molecule has 0 radical (unpaired) electrons. The molecule has 1 saturated heterocycles. The lowest BCUT2D eigenvalue weighted by Gasteiger charge is -2.30. The predicted molar refractivity (Wildman–Crippen MR) is 113 cm³/mol. The van der Waals surface area contributed by atoms with E-state index in [2.05, 4.69) is 10.2 Å². The third kappa shape index (κ3) is 4.28. The summed E-state index contributed by atoms with van der Waals surface area (Å²) in [6, 6.07) is 17.6. The van der Waals surface area contributed by atoms with Gasteiger partial charge in [-0.05, 0) is 12.5 Å². The maximum Gasteiger partial charge on any atom is 0.240 e. The lowest BCUT2D eigenvalue weighted by molar-refractivity contribution is -0.134. The molecule has 1 aliphatic rings. The van der Waals surface area contributed by atoms with Crippen molar-refractivity contribution in [1.29, 1.82) is 0 Å². The molecule has 4 rings (SSSR count). The number of nitrogens with two attached hydrogens (primary N) is 1. The van der Waals surface area contributed by atoms with Crippen LogP contribution in [0.1, 0.15) is 16.4 Å². The molecule has 1 aromatic heterocycles. The average Bonchev–Trinajstić information content (AvgIpc) is 3.13. The van der Waals surface area contributed by atoms with Gasteiger partial charge < -0.3 is 15.5 Å². The third-order valence-electron chi connectivity index (χ3n) is 4.85. The molecule has 0 saturated carbocycles. The number of amides is 1. The highest BCUT2D eigenvalue weighted by atomic mass is 32.2. The smallest absolute Gasteiger partial charge is 0.240 e. The van der Waals surface area contributed by atoms with E-state index in [1.807, 2.05) is 66.4 Å². The number of rotatable bonds is 5. The van der Waals surface area contributed by atoms with E-state index in [-0.39, 0.29) is 5.91 Å². The Morgan fingerprint density at radius 3 is 2.45 bits per heavy atom. The molecule has 1 atom stereocenters. The highest BCUT2D eigenvalue weighted by molar-refractivity contribution is 8.00. The standard InChI is InChI=1S/C21H23N5O2S/c1-15-7-9-17(10-8-15)19-23-24-21(26(19)22)29-18(16-5-3-2-4-6-16)20(27)25-11-13-28-14-12-25/h2-10,18H,11-14,22H2,1H3. The zero-order valence-electron chi connectivity index (χ0n) is 16.2. The summed E-state index contributed by atoms with van der Waals surface area (Å²) in [4.78, 5) is 15.1. The van der Waals surface area contributed by atoms with Crippen LogP contribution >= 0.6 is 11.8 Å². The van der Waals surface area contributed by atoms with E-state index < -0.39 is 5.25 Å². The van der Waals surface area contributed by atoms with Gasteiger partial charge in [0.2, 0.25) is 11.1 Å². The van der Waals surface area contributed by atoms with Crippen LogP contribution in [0.25, 0.3) is 11.4 Å². The van der Waals surface area contributed by atoms with Crippen LogP contribution in [0.4, 0.5) is 0 Å². The number of thioether (sulfide) groups is 1. The Labute approximate surface area is 173 Å². The van der Waals surface area contributed by atoms with Crippen LogP contribution in [0.2, 0.25) is 0 Å². The van der Waals surface area contributed by atoms with Crippen LogP contribution in [0.5, 0.6) is 0 Å². The Hall–Kier alpha value is -2.84. The quantitative estimate of drug-likeness (QED) is 0.515. The van der Waals surface area contributed by atoms with Gasteiger partial charge in [-0.2, -0.15) is 0 Å². The van der Waals surface area contributed by atoms with Gasteiger partial charge in [0, 0.05) is 18.7 Å². The summed E-state index contributed by atoms with van der Waals surface area (Å²) >= 11 is 1.32. The van der Waals surface area contributed by atoms with Gasteiger partial charge in [-0.15, -0.1) is 10.2 Å². The van der Waals surface area contributed by atoms with Crippen molar-refractivity contribution in [2.24, 2.45) is 0 Å². The predicted octanol–water partition coefficient (Wildman–Crippen LogP) is 2.66. The highest BCUT2D eigenvalue weighted by Crippen LogP contribution is 2.36. The fourth-order valence-electron chi connectivity index (χ4n) is 3.20. The molecule has 150 valence electrons. The number of hydrogen-bond donors (Lipinski definition) is 1. The fraction of sp³-hybridized carbons (Fsp3) is 0.286. The van der Waals surface area contributed by atoms with Crippen molar-refractivity contribution in [3.05, 3.63) is 65.7 Å². The van der Waals surface area contributed by atoms with Crippen molar-refractivity contribution < 1.29 is 9.53 Å². The van der Waals surface area contributed by atoms with Gasteiger partial charge in [0.1, 0.15) is 5.25 Å². The minimum Gasteiger partial charge on any atom is -0.378 e. The van der Waals surface area contributed by atoms with Crippen molar-refractivity contribution in [2.75, 3.05) is 32.1 Å². The number of ether oxygens (including phenoxy) is 1. The van der Waals surface area contributed by atoms with Crippen molar-refractivity contribution in [3.63, 3.8) is 0 Å². The van der Waals surface area contributed by atoms with E-state index in [0.29, 0.717) is 37.3 Å². The normalized spacial score (nSPS) is 15.3. The van der Waals surface area contributed by atoms with Crippen molar-refractivity contribution in [1.82, 2.24) is 19.8 Å². The fourth-order valence-corrected chi connectivity index (χ4v) is 4.24. The topological polar surface area (TPSA) is 86.3 Å². The molecule has 0 bridgehead atoms. The number of aryl methyl sites for hydroxylation is 1. The van der Waals surface area contributed by atoms with E-state index in [4.69, 9.17) is 10.6 Å². The maximum atomic E-state index is 13.3. The summed E-state index contributed by atoms with van der Waals surface area (Å²) in [6.45, 7) is 4.32. The Morgan fingerprint density at radius 1 is 1.07 bits per heavy atom. The van der Waals surface area contributed by atoms with E-state index in [9.17, 15) is 4.79 Å². The lowest BCUT2D eigenvalue weighted by atomic mass is 10.1. The molecule has 0 aliphatic carbocycles. The molecule has 2 aromatic carbocycles. The molecule has 0 spiro atoms. The summed E-state index contributed by atoms with van der Waals surface area (Å²) in [5.41, 5.74) is 2.95. The molecule has 29 heavy (non-hydrogen) atoms. The molecule has 1 unspecified atom stereocenters. The maximum absolute atomic E-state index is 13.3. The van der Waals surface area contributed by atoms with E-state index >= 15 is 0 Å². The van der Waals surface area contributed by atoms with Crippen LogP contribution in [0, 0.1) is 6.92 Å². The number of carbonyl (C=O) groups is 1. The van der Waals surface area contributed by atoms with Crippen molar-refractivity contribution in [2.45, 2.75) is 17.3 Å². The van der Waals surface area contributed by atoms with Gasteiger partial charge in [0.15, 0.2) is 5.82 Å². The van der Waals surface area contributed by atoms with Crippen molar-refractivity contribution in [3.8, 4) is 11.4 Å². The molecule has 2 N–H and O–H groups in total. The first-order chi connectivity index (χ1) is 14.1. The Kier molecular flexibility index (Phi) is 5.82. The summed E-state index contributed by atoms with van der Waals surface area (Å²) in [5, 5.41) is 8.56. The average molecular weight is 410 g/mol. The molecule has 1 amide bonds. The molecule has 1 fully saturated rings. The zero-order chi connectivity index (χ0) is 20.2. The lowest BCUT2D eigenvalue weighted by Crippen LogP contribution is -2.42. The Morgan fingerprint density at radius 2 is 1.76 bits per heavy atom. The van der Waals surface area contributed by atoms with Gasteiger partial charge >= 0.3 is 0 Å². The van der Waals surface area contributed by atoms with Crippen LogP contribution < -0.4 is 5.84 Å². The highest BCUT2D eigenvalue weighted by Gasteiger charge is 2.30. The van der Waals surface area contributed by atoms with Gasteiger partial charge in [-0.3, -0.25) is 4.79 Å². The molecule has 3 aromatic rings. The molecule has 2 heterocycles. The first-order valence-corrected chi connectivity index (χ1v) is 10.4. The van der Waals surface area contributed by atoms with Crippen LogP contribution in [0.15, 0.2) is 59.8 Å². The summed E-state index contributed by atoms with van der Waals surface area (Å²) in [7, 11) is 0. The first-order valence-electron chi connectivity index (χ1n) is 9.49. The van der Waals surface area contributed by atoms with Gasteiger partial charge in [-0.1, -0.05) is 71.9 Å². The summed E-state index contributed by atoms with van der Waals surface area (Å²) in [5.74, 6) is 6.90. The van der Waals surface area contributed by atoms with Crippen LogP contribution in [-0.2, 0) is 9.53 Å². The summed E-state index contributed by atoms with van der Waals surface area (Å²) < 4.78 is 6.84. The number of nitrogen functional groups attached to an aromatic ring is 1. The van der Waals surface area contributed by atoms with Crippen LogP contribution in [0.3, 0.4) is 0 Å². The Bertz CT molecular complexity index is 968. The van der Waals surface area contributed by atoms with Crippen molar-refractivity contribution >= 4 is 17.7 Å². The number of carbonyl (C=O) groups excluding carboxylic acids is 1. The monoisotopic (exact) mass is 409 g/mol. The second kappa shape index (κ2) is 8.67. The first kappa shape index (κ1) is 19.5. The Balaban J connectivity index is 1.62. The number of aromatic nitrogens is 3. The zero-order valence-corrected chi connectivity index (χ0v) is 17.0.